The number of amides is 2. The zero-order valence-electron chi connectivity index (χ0n) is 14.0. The largest absolute Gasteiger partial charge is 0.396 e. The third kappa shape index (κ3) is 3.52. The predicted molar refractivity (Wildman–Crippen MR) is 91.3 cm³/mol. The van der Waals surface area contributed by atoms with E-state index in [4.69, 9.17) is 0 Å². The molecule has 0 heterocycles. The Morgan fingerprint density at radius 1 is 1.30 bits per heavy atom. The van der Waals surface area contributed by atoms with Crippen LogP contribution in [0.4, 0.5) is 4.79 Å². The Labute approximate surface area is 138 Å². The van der Waals surface area contributed by atoms with Crippen molar-refractivity contribution in [3.8, 4) is 0 Å². The van der Waals surface area contributed by atoms with Crippen molar-refractivity contribution in [2.75, 3.05) is 13.2 Å². The number of urea groups is 1. The molecule has 1 saturated carbocycles. The molecule has 126 valence electrons. The number of rotatable bonds is 6. The van der Waals surface area contributed by atoms with E-state index in [0.717, 1.165) is 38.6 Å². The van der Waals surface area contributed by atoms with E-state index < -0.39 is 0 Å². The van der Waals surface area contributed by atoms with Crippen LogP contribution in [0.1, 0.15) is 43.7 Å². The van der Waals surface area contributed by atoms with Crippen molar-refractivity contribution in [3.05, 3.63) is 35.4 Å². The molecule has 2 aliphatic rings. The Morgan fingerprint density at radius 3 is 2.48 bits per heavy atom. The summed E-state index contributed by atoms with van der Waals surface area (Å²) in [5.74, 6) is 0.456. The Balaban J connectivity index is 1.47. The maximum Gasteiger partial charge on any atom is 0.315 e. The number of hydrogen-bond donors (Lipinski definition) is 3. The second-order valence-corrected chi connectivity index (χ2v) is 7.33. The first kappa shape index (κ1) is 16.3. The summed E-state index contributed by atoms with van der Waals surface area (Å²) >= 11 is 0. The molecule has 2 aliphatic carbocycles. The van der Waals surface area contributed by atoms with Crippen LogP contribution < -0.4 is 10.6 Å². The van der Waals surface area contributed by atoms with Crippen molar-refractivity contribution in [2.45, 2.75) is 51.5 Å². The van der Waals surface area contributed by atoms with Gasteiger partial charge in [-0.3, -0.25) is 0 Å². The summed E-state index contributed by atoms with van der Waals surface area (Å²) in [6.07, 6.45) is 6.22. The van der Waals surface area contributed by atoms with Gasteiger partial charge in [0.1, 0.15) is 0 Å². The summed E-state index contributed by atoms with van der Waals surface area (Å²) < 4.78 is 0. The van der Waals surface area contributed by atoms with Gasteiger partial charge in [0.25, 0.3) is 0 Å². The van der Waals surface area contributed by atoms with Crippen LogP contribution in [0.25, 0.3) is 0 Å². The molecular formula is C19H28N2O2. The molecule has 1 aromatic rings. The highest BCUT2D eigenvalue weighted by atomic mass is 16.3. The third-order valence-electron chi connectivity index (χ3n) is 5.94. The summed E-state index contributed by atoms with van der Waals surface area (Å²) in [6, 6.07) is 8.57. The normalized spacial score (nSPS) is 20.4. The van der Waals surface area contributed by atoms with Crippen LogP contribution >= 0.6 is 0 Å². The summed E-state index contributed by atoms with van der Waals surface area (Å²) in [6.45, 7) is 3.15. The number of hydrogen-bond acceptors (Lipinski definition) is 2. The van der Waals surface area contributed by atoms with Crippen molar-refractivity contribution in [3.63, 3.8) is 0 Å². The Morgan fingerprint density at radius 2 is 1.96 bits per heavy atom. The monoisotopic (exact) mass is 316 g/mol. The van der Waals surface area contributed by atoms with Gasteiger partial charge in [-0.05, 0) is 54.6 Å². The highest BCUT2D eigenvalue weighted by molar-refractivity contribution is 5.74. The van der Waals surface area contributed by atoms with Crippen LogP contribution in [0.5, 0.6) is 0 Å². The predicted octanol–water partition coefficient (Wildman–Crippen LogP) is 2.64. The van der Waals surface area contributed by atoms with E-state index >= 15 is 0 Å². The molecule has 0 aliphatic heterocycles. The summed E-state index contributed by atoms with van der Waals surface area (Å²) in [5.41, 5.74) is 2.90. The maximum atomic E-state index is 12.2. The topological polar surface area (TPSA) is 61.4 Å². The molecule has 4 heteroatoms. The SMILES string of the molecule is C[C@@H](CCO)C1(CNC(=O)NC2Cc3ccccc3C2)CCC1. The Hall–Kier alpha value is -1.55. The molecule has 0 spiro atoms. The van der Waals surface area contributed by atoms with Crippen molar-refractivity contribution in [1.82, 2.24) is 10.6 Å². The van der Waals surface area contributed by atoms with Gasteiger partial charge in [0.2, 0.25) is 0 Å². The molecule has 1 atom stereocenters. The van der Waals surface area contributed by atoms with E-state index in [2.05, 4.69) is 41.8 Å². The smallest absolute Gasteiger partial charge is 0.315 e. The average Bonchev–Trinajstić information content (AvgIpc) is 2.88. The lowest BCUT2D eigenvalue weighted by molar-refractivity contribution is 0.0456. The van der Waals surface area contributed by atoms with Crippen LogP contribution in [0.15, 0.2) is 24.3 Å². The van der Waals surface area contributed by atoms with Gasteiger partial charge in [-0.1, -0.05) is 37.6 Å². The van der Waals surface area contributed by atoms with Gasteiger partial charge in [-0.15, -0.1) is 0 Å². The van der Waals surface area contributed by atoms with Crippen LogP contribution in [-0.4, -0.2) is 30.3 Å². The van der Waals surface area contributed by atoms with Gasteiger partial charge < -0.3 is 15.7 Å². The zero-order chi connectivity index (χ0) is 16.3. The molecule has 0 bridgehead atoms. The van der Waals surface area contributed by atoms with E-state index in [-0.39, 0.29) is 24.1 Å². The van der Waals surface area contributed by atoms with Crippen molar-refractivity contribution >= 4 is 6.03 Å². The molecule has 3 N–H and O–H groups in total. The number of aliphatic hydroxyl groups is 1. The van der Waals surface area contributed by atoms with Crippen LogP contribution in [0, 0.1) is 11.3 Å². The summed E-state index contributed by atoms with van der Waals surface area (Å²) in [7, 11) is 0. The highest BCUT2D eigenvalue weighted by Crippen LogP contribution is 2.47. The second-order valence-electron chi connectivity index (χ2n) is 7.33. The van der Waals surface area contributed by atoms with Crippen molar-refractivity contribution < 1.29 is 9.90 Å². The number of aliphatic hydroxyl groups excluding tert-OH is 1. The molecule has 1 fully saturated rings. The number of fused-ring (bicyclic) bond motifs is 1. The van der Waals surface area contributed by atoms with Crippen molar-refractivity contribution in [1.29, 1.82) is 0 Å². The van der Waals surface area contributed by atoms with E-state index in [0.29, 0.717) is 5.92 Å². The zero-order valence-corrected chi connectivity index (χ0v) is 14.0. The Kier molecular flexibility index (Phi) is 4.90. The molecule has 4 nitrogen and oxygen atoms in total. The minimum Gasteiger partial charge on any atom is -0.396 e. The minimum absolute atomic E-state index is 0.0507. The fraction of sp³-hybridized carbons (Fsp3) is 0.632. The quantitative estimate of drug-likeness (QED) is 0.755. The summed E-state index contributed by atoms with van der Waals surface area (Å²) in [5, 5.41) is 15.4. The highest BCUT2D eigenvalue weighted by Gasteiger charge is 2.41. The van der Waals surface area contributed by atoms with Gasteiger partial charge in [0.15, 0.2) is 0 Å². The fourth-order valence-electron chi connectivity index (χ4n) is 4.13. The van der Waals surface area contributed by atoms with E-state index in [9.17, 15) is 9.90 Å². The van der Waals surface area contributed by atoms with Crippen LogP contribution in [-0.2, 0) is 12.8 Å². The minimum atomic E-state index is -0.0507. The Bertz CT molecular complexity index is 529. The van der Waals surface area contributed by atoms with Crippen LogP contribution in [0.3, 0.4) is 0 Å². The number of nitrogens with one attached hydrogen (secondary N) is 2. The number of carbonyl (C=O) groups is 1. The molecule has 0 radical (unpaired) electrons. The third-order valence-corrected chi connectivity index (χ3v) is 5.94. The van der Waals surface area contributed by atoms with Crippen molar-refractivity contribution in [2.24, 2.45) is 11.3 Å². The van der Waals surface area contributed by atoms with E-state index in [1.54, 1.807) is 0 Å². The fourth-order valence-corrected chi connectivity index (χ4v) is 4.13. The molecular weight excluding hydrogens is 288 g/mol. The van der Waals surface area contributed by atoms with Crippen LogP contribution in [0.2, 0.25) is 0 Å². The van der Waals surface area contributed by atoms with Gasteiger partial charge in [-0.2, -0.15) is 0 Å². The number of carbonyl (C=O) groups excluding carboxylic acids is 1. The first-order valence-electron chi connectivity index (χ1n) is 8.85. The molecule has 0 saturated heterocycles. The molecule has 0 unspecified atom stereocenters. The average molecular weight is 316 g/mol. The van der Waals surface area contributed by atoms with E-state index in [1.807, 2.05) is 0 Å². The second kappa shape index (κ2) is 6.91. The first-order valence-corrected chi connectivity index (χ1v) is 8.85. The molecule has 1 aromatic carbocycles. The van der Waals surface area contributed by atoms with Gasteiger partial charge in [-0.25, -0.2) is 4.79 Å². The molecule has 2 amide bonds. The summed E-state index contributed by atoms with van der Waals surface area (Å²) in [4.78, 5) is 12.2. The van der Waals surface area contributed by atoms with E-state index in [1.165, 1.54) is 17.5 Å². The van der Waals surface area contributed by atoms with Gasteiger partial charge >= 0.3 is 6.03 Å². The number of benzene rings is 1. The van der Waals surface area contributed by atoms with Gasteiger partial charge in [0.05, 0.1) is 0 Å². The standard InChI is InChI=1S/C19H28N2O2/c1-14(7-10-22)19(8-4-9-19)13-20-18(23)21-17-11-15-5-2-3-6-16(15)12-17/h2-3,5-6,14,17,22H,4,7-13H2,1H3,(H2,20,21,23)/t14-/m0/s1. The molecule has 3 rings (SSSR count). The maximum absolute atomic E-state index is 12.2. The lowest BCUT2D eigenvalue weighted by Crippen LogP contribution is -2.50. The lowest BCUT2D eigenvalue weighted by Gasteiger charge is -2.47. The molecule has 23 heavy (non-hydrogen) atoms. The first-order chi connectivity index (χ1) is 11.1. The van der Waals surface area contributed by atoms with Gasteiger partial charge in [0, 0.05) is 19.2 Å². The lowest BCUT2D eigenvalue weighted by atomic mass is 9.60. The molecule has 0 aromatic heterocycles.